The monoisotopic (exact) mass is 333 g/mol. The van der Waals surface area contributed by atoms with E-state index in [9.17, 15) is 4.79 Å². The number of anilines is 1. The maximum absolute atomic E-state index is 11.8. The minimum absolute atomic E-state index is 0.0699. The summed E-state index contributed by atoms with van der Waals surface area (Å²) in [4.78, 5) is 18.5. The number of carbonyl (C=O) groups excluding carboxylic acids is 1. The van der Waals surface area contributed by atoms with Gasteiger partial charge in [0.25, 0.3) is 5.91 Å². The molecule has 1 N–H and O–H groups in total. The molecule has 0 radical (unpaired) electrons. The Morgan fingerprint density at radius 3 is 2.83 bits per heavy atom. The third kappa shape index (κ3) is 4.45. The van der Waals surface area contributed by atoms with Gasteiger partial charge in [-0.3, -0.25) is 4.79 Å². The third-order valence-corrected chi connectivity index (χ3v) is 4.70. The molecular weight excluding hydrogens is 306 g/mol. The van der Waals surface area contributed by atoms with Gasteiger partial charge in [-0.2, -0.15) is 0 Å². The number of amides is 1. The Morgan fingerprint density at radius 2 is 2.21 bits per heavy atom. The van der Waals surface area contributed by atoms with Crippen LogP contribution in [0.15, 0.2) is 18.3 Å². The number of hydrogen-bond donors (Lipinski definition) is 1. The molecule has 1 aromatic heterocycles. The first-order valence-corrected chi connectivity index (χ1v) is 8.94. The average Bonchev–Trinajstić information content (AvgIpc) is 3.14. The fourth-order valence-corrected chi connectivity index (χ4v) is 3.21. The van der Waals surface area contributed by atoms with Crippen LogP contribution in [0.3, 0.4) is 0 Å². The van der Waals surface area contributed by atoms with Crippen LogP contribution in [0.1, 0.15) is 36.5 Å². The van der Waals surface area contributed by atoms with Crippen molar-refractivity contribution in [1.82, 2.24) is 10.3 Å². The molecular formula is C18H27N3O3. The highest BCUT2D eigenvalue weighted by Gasteiger charge is 2.23. The van der Waals surface area contributed by atoms with Crippen molar-refractivity contribution in [3.05, 3.63) is 23.9 Å². The molecule has 3 rings (SSSR count). The number of ether oxygens (including phenoxy) is 2. The summed E-state index contributed by atoms with van der Waals surface area (Å²) < 4.78 is 11.4. The van der Waals surface area contributed by atoms with Crippen LogP contribution in [0.2, 0.25) is 0 Å². The van der Waals surface area contributed by atoms with E-state index in [4.69, 9.17) is 9.47 Å². The predicted molar refractivity (Wildman–Crippen MR) is 92.4 cm³/mol. The Hall–Kier alpha value is -1.66. The zero-order valence-corrected chi connectivity index (χ0v) is 14.4. The van der Waals surface area contributed by atoms with Gasteiger partial charge >= 0.3 is 0 Å². The summed E-state index contributed by atoms with van der Waals surface area (Å²) in [6, 6.07) is 3.78. The molecule has 1 amide bonds. The molecule has 2 saturated heterocycles. The van der Waals surface area contributed by atoms with Crippen molar-refractivity contribution in [2.45, 2.75) is 32.3 Å². The van der Waals surface area contributed by atoms with Crippen LogP contribution in [0.25, 0.3) is 0 Å². The highest BCUT2D eigenvalue weighted by molar-refractivity contribution is 5.93. The van der Waals surface area contributed by atoms with Crippen LogP contribution >= 0.6 is 0 Å². The van der Waals surface area contributed by atoms with Gasteiger partial charge in [0.2, 0.25) is 0 Å². The van der Waals surface area contributed by atoms with Crippen molar-refractivity contribution in [3.63, 3.8) is 0 Å². The SMILES string of the molecule is CCNC(=O)c1ccc(N2CCC(OCC3CCOC3)CC2)nc1. The zero-order valence-electron chi connectivity index (χ0n) is 14.4. The summed E-state index contributed by atoms with van der Waals surface area (Å²) >= 11 is 0. The van der Waals surface area contributed by atoms with Gasteiger partial charge in [0.15, 0.2) is 0 Å². The molecule has 0 aliphatic carbocycles. The lowest BCUT2D eigenvalue weighted by molar-refractivity contribution is 0.0131. The number of piperidine rings is 1. The average molecular weight is 333 g/mol. The van der Waals surface area contributed by atoms with Crippen molar-refractivity contribution in [1.29, 1.82) is 0 Å². The number of rotatable bonds is 6. The molecule has 2 fully saturated rings. The number of nitrogens with one attached hydrogen (secondary N) is 1. The maximum Gasteiger partial charge on any atom is 0.252 e. The summed E-state index contributed by atoms with van der Waals surface area (Å²) in [5, 5.41) is 2.79. The van der Waals surface area contributed by atoms with Crippen LogP contribution in [0.4, 0.5) is 5.82 Å². The minimum atomic E-state index is -0.0699. The largest absolute Gasteiger partial charge is 0.381 e. The molecule has 24 heavy (non-hydrogen) atoms. The van der Waals surface area contributed by atoms with E-state index in [-0.39, 0.29) is 5.91 Å². The van der Waals surface area contributed by atoms with Gasteiger partial charge in [0, 0.05) is 38.4 Å². The van der Waals surface area contributed by atoms with Crippen LogP contribution in [0, 0.1) is 5.92 Å². The molecule has 3 heterocycles. The van der Waals surface area contributed by atoms with Crippen molar-refractivity contribution < 1.29 is 14.3 Å². The van der Waals surface area contributed by atoms with Gasteiger partial charge in [-0.25, -0.2) is 4.98 Å². The van der Waals surface area contributed by atoms with Gasteiger partial charge in [-0.05, 0) is 38.3 Å². The number of aromatic nitrogens is 1. The highest BCUT2D eigenvalue weighted by Crippen LogP contribution is 2.21. The summed E-state index contributed by atoms with van der Waals surface area (Å²) in [6.45, 7) is 6.97. The lowest BCUT2D eigenvalue weighted by Crippen LogP contribution is -2.38. The predicted octanol–water partition coefficient (Wildman–Crippen LogP) is 1.85. The number of pyridine rings is 1. The van der Waals surface area contributed by atoms with E-state index in [2.05, 4.69) is 15.2 Å². The molecule has 0 bridgehead atoms. The van der Waals surface area contributed by atoms with Crippen LogP contribution in [-0.2, 0) is 9.47 Å². The van der Waals surface area contributed by atoms with Crippen molar-refractivity contribution in [3.8, 4) is 0 Å². The van der Waals surface area contributed by atoms with Crippen LogP contribution in [0.5, 0.6) is 0 Å². The Kier molecular flexibility index (Phi) is 6.04. The van der Waals surface area contributed by atoms with E-state index in [1.165, 1.54) is 0 Å². The second-order valence-corrected chi connectivity index (χ2v) is 6.51. The lowest BCUT2D eigenvalue weighted by Gasteiger charge is -2.33. The molecule has 6 nitrogen and oxygen atoms in total. The van der Waals surface area contributed by atoms with E-state index < -0.39 is 0 Å². The minimum Gasteiger partial charge on any atom is -0.381 e. The molecule has 1 aromatic rings. The van der Waals surface area contributed by atoms with Gasteiger partial charge in [0.1, 0.15) is 5.82 Å². The normalized spacial score (nSPS) is 21.9. The highest BCUT2D eigenvalue weighted by atomic mass is 16.5. The molecule has 132 valence electrons. The molecule has 6 heteroatoms. The van der Waals surface area contributed by atoms with Crippen LogP contribution < -0.4 is 10.2 Å². The first-order chi connectivity index (χ1) is 11.8. The van der Waals surface area contributed by atoms with E-state index in [1.807, 2.05) is 19.1 Å². The molecule has 2 aliphatic heterocycles. The first kappa shape index (κ1) is 17.2. The number of carbonyl (C=O) groups is 1. The fraction of sp³-hybridized carbons (Fsp3) is 0.667. The van der Waals surface area contributed by atoms with E-state index in [1.54, 1.807) is 6.20 Å². The summed E-state index contributed by atoms with van der Waals surface area (Å²) in [5.74, 6) is 1.44. The van der Waals surface area contributed by atoms with Gasteiger partial charge in [-0.1, -0.05) is 0 Å². The number of nitrogens with zero attached hydrogens (tertiary/aromatic N) is 2. The summed E-state index contributed by atoms with van der Waals surface area (Å²) in [5.41, 5.74) is 0.609. The lowest BCUT2D eigenvalue weighted by atomic mass is 10.1. The Balaban J connectivity index is 1.44. The molecule has 2 aliphatic rings. The van der Waals surface area contributed by atoms with E-state index in [0.29, 0.717) is 24.1 Å². The number of hydrogen-bond acceptors (Lipinski definition) is 5. The topological polar surface area (TPSA) is 63.7 Å². The van der Waals surface area contributed by atoms with Crippen molar-refractivity contribution >= 4 is 11.7 Å². The smallest absolute Gasteiger partial charge is 0.252 e. The van der Waals surface area contributed by atoms with E-state index in [0.717, 1.165) is 58.0 Å². The second-order valence-electron chi connectivity index (χ2n) is 6.51. The molecule has 0 aromatic carbocycles. The standard InChI is InChI=1S/C18H27N3O3/c1-2-19-18(22)15-3-4-17(20-11-15)21-8-5-16(6-9-21)24-13-14-7-10-23-12-14/h3-4,11,14,16H,2,5-10,12-13H2,1H3,(H,19,22). The Bertz CT molecular complexity index is 521. The van der Waals surface area contributed by atoms with Crippen molar-refractivity contribution in [2.24, 2.45) is 5.92 Å². The van der Waals surface area contributed by atoms with Gasteiger partial charge in [0.05, 0.1) is 24.9 Å². The second kappa shape index (κ2) is 8.44. The molecule has 1 atom stereocenters. The fourth-order valence-electron chi connectivity index (χ4n) is 3.21. The maximum atomic E-state index is 11.8. The first-order valence-electron chi connectivity index (χ1n) is 8.94. The molecule has 0 spiro atoms. The Morgan fingerprint density at radius 1 is 1.38 bits per heavy atom. The van der Waals surface area contributed by atoms with Crippen LogP contribution in [-0.4, -0.2) is 56.5 Å². The molecule has 1 unspecified atom stereocenters. The summed E-state index contributed by atoms with van der Waals surface area (Å²) in [7, 11) is 0. The Labute approximate surface area is 143 Å². The van der Waals surface area contributed by atoms with Gasteiger partial charge < -0.3 is 19.7 Å². The quantitative estimate of drug-likeness (QED) is 0.861. The van der Waals surface area contributed by atoms with Gasteiger partial charge in [-0.15, -0.1) is 0 Å². The third-order valence-electron chi connectivity index (χ3n) is 4.70. The van der Waals surface area contributed by atoms with E-state index >= 15 is 0 Å². The van der Waals surface area contributed by atoms with Crippen molar-refractivity contribution in [2.75, 3.05) is 44.4 Å². The molecule has 0 saturated carbocycles. The zero-order chi connectivity index (χ0) is 16.8. The summed E-state index contributed by atoms with van der Waals surface area (Å²) in [6.07, 6.45) is 5.17.